The molecule has 0 bridgehead atoms. The maximum absolute atomic E-state index is 9.42. The summed E-state index contributed by atoms with van der Waals surface area (Å²) >= 11 is 0. The van der Waals surface area contributed by atoms with Gasteiger partial charge in [0.2, 0.25) is 0 Å². The van der Waals surface area contributed by atoms with Gasteiger partial charge >= 0.3 is 0 Å². The van der Waals surface area contributed by atoms with Crippen LogP contribution in [0, 0.1) is 0 Å². The van der Waals surface area contributed by atoms with E-state index in [2.05, 4.69) is 24.9 Å². The summed E-state index contributed by atoms with van der Waals surface area (Å²) in [5.41, 5.74) is 3.29. The van der Waals surface area contributed by atoms with Gasteiger partial charge in [0.25, 0.3) is 0 Å². The molecule has 0 amide bonds. The van der Waals surface area contributed by atoms with E-state index in [9.17, 15) is 5.11 Å². The fourth-order valence-corrected chi connectivity index (χ4v) is 1.82. The fourth-order valence-electron chi connectivity index (χ4n) is 1.82. The van der Waals surface area contributed by atoms with Crippen LogP contribution in [0.4, 0.5) is 0 Å². The average molecular weight is 261 g/mol. The summed E-state index contributed by atoms with van der Waals surface area (Å²) in [7, 11) is 0. The molecule has 2 heteroatoms. The Balaban J connectivity index is 0.000000741. The molecule has 106 valence electrons. The lowest BCUT2D eigenvalue weighted by atomic mass is 10.0. The van der Waals surface area contributed by atoms with Gasteiger partial charge in [-0.05, 0) is 36.6 Å². The fraction of sp³-hybridized carbons (Fsp3) is 0.471. The minimum atomic E-state index is 0.283. The number of hydrogen-bond donors (Lipinski definition) is 1. The van der Waals surface area contributed by atoms with E-state index >= 15 is 0 Å². The molecular formula is C17H27NO. The average Bonchev–Trinajstić information content (AvgIpc) is 2.49. The Morgan fingerprint density at radius 3 is 2.11 bits per heavy atom. The van der Waals surface area contributed by atoms with Crippen molar-refractivity contribution < 1.29 is 5.11 Å². The first kappa shape index (κ1) is 17.4. The van der Waals surface area contributed by atoms with Gasteiger partial charge < -0.3 is 5.11 Å². The standard InChI is InChI=1S/C13H15NO.2C2H6/c1-3-9-7-10(4-2)14-13-8-11(15)5-6-12(9)13;2*1-2/h5-8,15H,3-4H2,1-2H3;2*1-2H3. The minimum absolute atomic E-state index is 0.283. The monoisotopic (exact) mass is 261 g/mol. The molecule has 19 heavy (non-hydrogen) atoms. The summed E-state index contributed by atoms with van der Waals surface area (Å²) in [5.74, 6) is 0.283. The van der Waals surface area contributed by atoms with Crippen LogP contribution in [0.25, 0.3) is 10.9 Å². The van der Waals surface area contributed by atoms with E-state index in [0.717, 1.165) is 29.4 Å². The molecule has 0 aliphatic heterocycles. The normalized spacial score (nSPS) is 9.16. The van der Waals surface area contributed by atoms with Crippen molar-refractivity contribution >= 4 is 10.9 Å². The van der Waals surface area contributed by atoms with Gasteiger partial charge in [-0.1, -0.05) is 41.5 Å². The second kappa shape index (κ2) is 9.37. The van der Waals surface area contributed by atoms with E-state index in [0.29, 0.717) is 0 Å². The van der Waals surface area contributed by atoms with Crippen LogP contribution in [0.5, 0.6) is 5.75 Å². The second-order valence-corrected chi connectivity index (χ2v) is 3.68. The topological polar surface area (TPSA) is 33.1 Å². The zero-order valence-corrected chi connectivity index (χ0v) is 13.1. The van der Waals surface area contributed by atoms with Crippen molar-refractivity contribution in [3.05, 3.63) is 35.5 Å². The number of aryl methyl sites for hydroxylation is 2. The van der Waals surface area contributed by atoms with Gasteiger partial charge in [0, 0.05) is 17.1 Å². The molecule has 0 radical (unpaired) electrons. The third-order valence-corrected chi connectivity index (χ3v) is 2.68. The number of pyridine rings is 1. The summed E-state index contributed by atoms with van der Waals surface area (Å²) in [6.45, 7) is 12.2. The van der Waals surface area contributed by atoms with Crippen LogP contribution < -0.4 is 0 Å². The molecule has 2 aromatic rings. The number of aromatic hydroxyl groups is 1. The van der Waals surface area contributed by atoms with E-state index in [-0.39, 0.29) is 5.75 Å². The Morgan fingerprint density at radius 2 is 1.58 bits per heavy atom. The third kappa shape index (κ3) is 4.55. The lowest BCUT2D eigenvalue weighted by Gasteiger charge is -2.07. The molecule has 1 aromatic heterocycles. The smallest absolute Gasteiger partial charge is 0.117 e. The number of aromatic nitrogens is 1. The molecule has 0 saturated carbocycles. The summed E-state index contributed by atoms with van der Waals surface area (Å²) in [6.07, 6.45) is 1.93. The zero-order valence-electron chi connectivity index (χ0n) is 13.1. The summed E-state index contributed by atoms with van der Waals surface area (Å²) in [6, 6.07) is 7.54. The van der Waals surface area contributed by atoms with Crippen LogP contribution in [-0.2, 0) is 12.8 Å². The number of phenols is 1. The van der Waals surface area contributed by atoms with Crippen molar-refractivity contribution in [3.8, 4) is 5.75 Å². The molecular weight excluding hydrogens is 234 g/mol. The molecule has 0 fully saturated rings. The number of benzene rings is 1. The molecule has 0 atom stereocenters. The maximum atomic E-state index is 9.42. The van der Waals surface area contributed by atoms with E-state index in [1.165, 1.54) is 5.56 Å². The number of hydrogen-bond acceptors (Lipinski definition) is 2. The van der Waals surface area contributed by atoms with E-state index < -0.39 is 0 Å². The number of rotatable bonds is 2. The third-order valence-electron chi connectivity index (χ3n) is 2.68. The first-order valence-corrected chi connectivity index (χ1v) is 7.36. The first-order chi connectivity index (χ1) is 9.24. The molecule has 0 unspecified atom stereocenters. The van der Waals surface area contributed by atoms with Crippen molar-refractivity contribution in [2.24, 2.45) is 0 Å². The Bertz CT molecular complexity index is 492. The molecule has 0 saturated heterocycles. The van der Waals surface area contributed by atoms with Gasteiger partial charge in [-0.25, -0.2) is 0 Å². The van der Waals surface area contributed by atoms with Gasteiger partial charge in [-0.15, -0.1) is 0 Å². The molecule has 1 heterocycles. The Kier molecular flexibility index (Phi) is 8.60. The molecule has 0 spiro atoms. The number of nitrogens with zero attached hydrogens (tertiary/aromatic N) is 1. The SMILES string of the molecule is CC.CC.CCc1cc(CC)c2ccc(O)cc2n1. The van der Waals surface area contributed by atoms with E-state index in [1.54, 1.807) is 12.1 Å². The quantitative estimate of drug-likeness (QED) is 0.814. The molecule has 1 N–H and O–H groups in total. The van der Waals surface area contributed by atoms with Gasteiger partial charge in [-0.2, -0.15) is 0 Å². The summed E-state index contributed by atoms with van der Waals surface area (Å²) in [4.78, 5) is 4.50. The number of phenolic OH excluding ortho intramolecular Hbond substituents is 1. The predicted molar refractivity (Wildman–Crippen MR) is 84.9 cm³/mol. The van der Waals surface area contributed by atoms with Crippen LogP contribution >= 0.6 is 0 Å². The van der Waals surface area contributed by atoms with Gasteiger partial charge in [-0.3, -0.25) is 4.98 Å². The molecule has 0 aliphatic carbocycles. The predicted octanol–water partition coefficient (Wildman–Crippen LogP) is 5.12. The van der Waals surface area contributed by atoms with Crippen molar-refractivity contribution in [1.82, 2.24) is 4.98 Å². The summed E-state index contributed by atoms with van der Waals surface area (Å²) < 4.78 is 0. The Labute approximate surface area is 117 Å². The maximum Gasteiger partial charge on any atom is 0.117 e. The van der Waals surface area contributed by atoms with Crippen molar-refractivity contribution in [3.63, 3.8) is 0 Å². The highest BCUT2D eigenvalue weighted by molar-refractivity contribution is 5.83. The Hall–Kier alpha value is -1.57. The van der Waals surface area contributed by atoms with Gasteiger partial charge in [0.15, 0.2) is 0 Å². The zero-order chi connectivity index (χ0) is 14.8. The molecule has 2 rings (SSSR count). The van der Waals surface area contributed by atoms with Crippen molar-refractivity contribution in [2.45, 2.75) is 54.4 Å². The highest BCUT2D eigenvalue weighted by Gasteiger charge is 2.04. The minimum Gasteiger partial charge on any atom is -0.508 e. The largest absolute Gasteiger partial charge is 0.508 e. The van der Waals surface area contributed by atoms with Crippen LogP contribution in [0.2, 0.25) is 0 Å². The van der Waals surface area contributed by atoms with E-state index in [4.69, 9.17) is 0 Å². The van der Waals surface area contributed by atoms with Gasteiger partial charge in [0.05, 0.1) is 5.52 Å². The molecule has 0 aliphatic rings. The first-order valence-electron chi connectivity index (χ1n) is 7.36. The highest BCUT2D eigenvalue weighted by Crippen LogP contribution is 2.23. The van der Waals surface area contributed by atoms with Crippen molar-refractivity contribution in [2.75, 3.05) is 0 Å². The Morgan fingerprint density at radius 1 is 0.947 bits per heavy atom. The van der Waals surface area contributed by atoms with Crippen LogP contribution in [0.15, 0.2) is 24.3 Å². The van der Waals surface area contributed by atoms with E-state index in [1.807, 2.05) is 33.8 Å². The summed E-state index contributed by atoms with van der Waals surface area (Å²) in [5, 5.41) is 10.6. The van der Waals surface area contributed by atoms with Crippen LogP contribution in [0.1, 0.15) is 52.8 Å². The van der Waals surface area contributed by atoms with Gasteiger partial charge in [0.1, 0.15) is 5.75 Å². The highest BCUT2D eigenvalue weighted by atomic mass is 16.3. The number of fused-ring (bicyclic) bond motifs is 1. The molecule has 2 nitrogen and oxygen atoms in total. The van der Waals surface area contributed by atoms with Crippen LogP contribution in [0.3, 0.4) is 0 Å². The lowest BCUT2D eigenvalue weighted by Crippen LogP contribution is -1.93. The molecule has 1 aromatic carbocycles. The second-order valence-electron chi connectivity index (χ2n) is 3.68. The van der Waals surface area contributed by atoms with Crippen molar-refractivity contribution in [1.29, 1.82) is 0 Å². The lowest BCUT2D eigenvalue weighted by molar-refractivity contribution is 0.476. The van der Waals surface area contributed by atoms with Crippen LogP contribution in [-0.4, -0.2) is 10.1 Å².